The van der Waals surface area contributed by atoms with Crippen LogP contribution in [0.25, 0.3) is 0 Å². The maximum Gasteiger partial charge on any atom is 0.417 e. The number of anilines is 2. The number of carbonyl (C=O) groups is 1. The molecule has 0 bridgehead atoms. The van der Waals surface area contributed by atoms with Crippen molar-refractivity contribution in [3.63, 3.8) is 0 Å². The highest BCUT2D eigenvalue weighted by atomic mass is 19.4. The van der Waals surface area contributed by atoms with Crippen molar-refractivity contribution in [2.45, 2.75) is 19.1 Å². The number of carbonyl (C=O) groups excluding carboxylic acids is 1. The van der Waals surface area contributed by atoms with Gasteiger partial charge in [0.25, 0.3) is 0 Å². The van der Waals surface area contributed by atoms with Crippen LogP contribution in [0.2, 0.25) is 0 Å². The fraction of sp³-hybridized carbons (Fsp3) is 0.364. The second-order valence-electron chi connectivity index (χ2n) is 7.39. The molecule has 0 spiro atoms. The van der Waals surface area contributed by atoms with Gasteiger partial charge in [0.05, 0.1) is 29.8 Å². The Kier molecular flexibility index (Phi) is 6.71. The zero-order valence-electron chi connectivity index (χ0n) is 17.2. The summed E-state index contributed by atoms with van der Waals surface area (Å²) >= 11 is 0. The first-order chi connectivity index (χ1) is 14.7. The minimum Gasteiger partial charge on any atom is -0.382 e. The van der Waals surface area contributed by atoms with E-state index < -0.39 is 17.3 Å². The van der Waals surface area contributed by atoms with Crippen molar-refractivity contribution in [1.29, 1.82) is 5.26 Å². The number of amides is 2. The Morgan fingerprint density at radius 2 is 2.03 bits per heavy atom. The van der Waals surface area contributed by atoms with Crippen molar-refractivity contribution in [2.24, 2.45) is 0 Å². The number of nitriles is 1. The molecule has 1 fully saturated rings. The summed E-state index contributed by atoms with van der Waals surface area (Å²) in [6.45, 7) is 3.13. The van der Waals surface area contributed by atoms with E-state index in [9.17, 15) is 18.0 Å². The van der Waals surface area contributed by atoms with Crippen LogP contribution >= 0.6 is 0 Å². The maximum atomic E-state index is 13.3. The summed E-state index contributed by atoms with van der Waals surface area (Å²) in [5.41, 5.74) is 0.658. The predicted octanol–water partition coefficient (Wildman–Crippen LogP) is 4.25. The van der Waals surface area contributed by atoms with Crippen LogP contribution in [0.5, 0.6) is 0 Å². The van der Waals surface area contributed by atoms with Crippen molar-refractivity contribution >= 4 is 17.4 Å². The highest BCUT2D eigenvalue weighted by Gasteiger charge is 2.36. The molecule has 0 saturated carbocycles. The number of rotatable bonds is 4. The Labute approximate surface area is 178 Å². The molecule has 1 aliphatic rings. The van der Waals surface area contributed by atoms with Gasteiger partial charge in [-0.3, -0.25) is 0 Å². The number of nitrogens with zero attached hydrogens (tertiary/aromatic N) is 3. The summed E-state index contributed by atoms with van der Waals surface area (Å²) in [7, 11) is 1.51. The van der Waals surface area contributed by atoms with Gasteiger partial charge in [-0.1, -0.05) is 12.1 Å². The van der Waals surface area contributed by atoms with Gasteiger partial charge in [0.15, 0.2) is 0 Å². The van der Waals surface area contributed by atoms with Gasteiger partial charge in [0.2, 0.25) is 0 Å². The van der Waals surface area contributed by atoms with Gasteiger partial charge in [-0.25, -0.2) is 4.79 Å². The Balaban J connectivity index is 1.78. The molecule has 0 radical (unpaired) electrons. The number of alkyl halides is 3. The normalized spacial score (nSPS) is 16.7. The van der Waals surface area contributed by atoms with Crippen molar-refractivity contribution in [1.82, 2.24) is 4.90 Å². The third-order valence-electron chi connectivity index (χ3n) is 5.17. The third-order valence-corrected chi connectivity index (χ3v) is 5.17. The van der Waals surface area contributed by atoms with E-state index in [-0.39, 0.29) is 18.7 Å². The van der Waals surface area contributed by atoms with E-state index in [2.05, 4.69) is 5.32 Å². The second-order valence-corrected chi connectivity index (χ2v) is 7.39. The lowest BCUT2D eigenvalue weighted by atomic mass is 10.1. The lowest BCUT2D eigenvalue weighted by Crippen LogP contribution is -2.58. The number of hydrogen-bond donors (Lipinski definition) is 1. The molecular formula is C22H23F3N4O2. The molecule has 31 heavy (non-hydrogen) atoms. The van der Waals surface area contributed by atoms with E-state index in [1.165, 1.54) is 19.2 Å². The number of urea groups is 1. The largest absolute Gasteiger partial charge is 0.417 e. The fourth-order valence-corrected chi connectivity index (χ4v) is 3.67. The summed E-state index contributed by atoms with van der Waals surface area (Å²) in [5, 5.41) is 11.9. The Morgan fingerprint density at radius 3 is 2.68 bits per heavy atom. The summed E-state index contributed by atoms with van der Waals surface area (Å²) < 4.78 is 45.3. The van der Waals surface area contributed by atoms with Gasteiger partial charge in [-0.05, 0) is 42.8 Å². The van der Waals surface area contributed by atoms with Crippen LogP contribution in [-0.4, -0.2) is 50.3 Å². The molecule has 1 unspecified atom stereocenters. The monoisotopic (exact) mass is 432 g/mol. The first kappa shape index (κ1) is 22.4. The minimum absolute atomic E-state index is 0.236. The fourth-order valence-electron chi connectivity index (χ4n) is 3.67. The van der Waals surface area contributed by atoms with Crippen LogP contribution in [0.3, 0.4) is 0 Å². The molecule has 0 aromatic heterocycles. The number of nitrogens with one attached hydrogen (secondary N) is 1. The molecule has 0 aliphatic carbocycles. The zero-order chi connectivity index (χ0) is 22.6. The van der Waals surface area contributed by atoms with Gasteiger partial charge in [-0.2, -0.15) is 18.4 Å². The van der Waals surface area contributed by atoms with E-state index in [1.807, 2.05) is 25.1 Å². The van der Waals surface area contributed by atoms with Gasteiger partial charge < -0.3 is 19.9 Å². The van der Waals surface area contributed by atoms with Crippen molar-refractivity contribution in [2.75, 3.05) is 43.6 Å². The number of piperazine rings is 1. The van der Waals surface area contributed by atoms with Crippen LogP contribution in [0.1, 0.15) is 16.7 Å². The van der Waals surface area contributed by atoms with Crippen LogP contribution in [0.4, 0.5) is 29.3 Å². The Bertz CT molecular complexity index is 987. The molecule has 2 amide bonds. The van der Waals surface area contributed by atoms with E-state index in [0.29, 0.717) is 31.0 Å². The maximum absolute atomic E-state index is 13.3. The molecule has 6 nitrogen and oxygen atoms in total. The Hall–Kier alpha value is -3.25. The molecule has 1 heterocycles. The average Bonchev–Trinajstić information content (AvgIpc) is 2.73. The Morgan fingerprint density at radius 1 is 1.26 bits per heavy atom. The van der Waals surface area contributed by atoms with Crippen LogP contribution in [0.15, 0.2) is 42.5 Å². The summed E-state index contributed by atoms with van der Waals surface area (Å²) in [6.07, 6.45) is -4.62. The van der Waals surface area contributed by atoms with Crippen molar-refractivity contribution in [3.05, 3.63) is 59.2 Å². The molecule has 9 heteroatoms. The lowest BCUT2D eigenvalue weighted by Gasteiger charge is -2.42. The quantitative estimate of drug-likeness (QED) is 0.784. The predicted molar refractivity (Wildman–Crippen MR) is 111 cm³/mol. The van der Waals surface area contributed by atoms with E-state index in [4.69, 9.17) is 10.00 Å². The first-order valence-electron chi connectivity index (χ1n) is 9.72. The van der Waals surface area contributed by atoms with Crippen LogP contribution in [0, 0.1) is 18.3 Å². The van der Waals surface area contributed by atoms with Gasteiger partial charge >= 0.3 is 12.2 Å². The molecule has 1 saturated heterocycles. The molecule has 1 aliphatic heterocycles. The number of methoxy groups -OCH3 is 1. The summed E-state index contributed by atoms with van der Waals surface area (Å²) in [6, 6.07) is 12.0. The highest BCUT2D eigenvalue weighted by Crippen LogP contribution is 2.35. The molecular weight excluding hydrogens is 409 g/mol. The van der Waals surface area contributed by atoms with E-state index in [1.54, 1.807) is 21.9 Å². The molecule has 1 atom stereocenters. The number of hydrogen-bond acceptors (Lipinski definition) is 4. The van der Waals surface area contributed by atoms with Gasteiger partial charge in [-0.15, -0.1) is 0 Å². The van der Waals surface area contributed by atoms with Crippen LogP contribution < -0.4 is 10.2 Å². The number of halogens is 3. The number of aryl methyl sites for hydroxylation is 1. The lowest BCUT2D eigenvalue weighted by molar-refractivity contribution is -0.137. The van der Waals surface area contributed by atoms with Crippen molar-refractivity contribution < 1.29 is 22.7 Å². The second kappa shape index (κ2) is 9.27. The first-order valence-corrected chi connectivity index (χ1v) is 9.72. The molecule has 1 N–H and O–H groups in total. The van der Waals surface area contributed by atoms with E-state index >= 15 is 0 Å². The van der Waals surface area contributed by atoms with Crippen molar-refractivity contribution in [3.8, 4) is 6.07 Å². The number of benzene rings is 2. The average molecular weight is 432 g/mol. The molecule has 2 aromatic rings. The highest BCUT2D eigenvalue weighted by molar-refractivity contribution is 5.89. The SMILES string of the molecule is COCC1CN(c2ccc(C#N)c(C(F)(F)F)c2)CCN1C(=O)Nc1cccc(C)c1. The summed E-state index contributed by atoms with van der Waals surface area (Å²) in [5.74, 6) is 0. The third kappa shape index (κ3) is 5.27. The smallest absolute Gasteiger partial charge is 0.382 e. The van der Waals surface area contributed by atoms with Crippen LogP contribution in [-0.2, 0) is 10.9 Å². The minimum atomic E-state index is -4.62. The van der Waals surface area contributed by atoms with Gasteiger partial charge in [0, 0.05) is 38.1 Å². The number of ether oxygens (including phenoxy) is 1. The molecule has 3 rings (SSSR count). The molecule has 2 aromatic carbocycles. The topological polar surface area (TPSA) is 68.6 Å². The summed E-state index contributed by atoms with van der Waals surface area (Å²) in [4.78, 5) is 16.2. The van der Waals surface area contributed by atoms with E-state index in [0.717, 1.165) is 11.6 Å². The van der Waals surface area contributed by atoms with Gasteiger partial charge in [0.1, 0.15) is 0 Å². The molecule has 164 valence electrons. The standard InChI is InChI=1S/C22H23F3N4O2/c1-15-4-3-5-17(10-15)27-21(30)29-9-8-28(13-19(29)14-31-2)18-7-6-16(12-26)20(11-18)22(23,24)25/h3-7,10-11,19H,8-9,13-14H2,1-2H3,(H,27,30). The zero-order valence-corrected chi connectivity index (χ0v) is 17.2.